The second kappa shape index (κ2) is 8.49. The Bertz CT molecular complexity index is 1690. The van der Waals surface area contributed by atoms with Crippen molar-refractivity contribution in [3.05, 3.63) is 64.7 Å². The van der Waals surface area contributed by atoms with Crippen molar-refractivity contribution >= 4 is 45.4 Å². The number of carbonyl (C=O) groups excluding carboxylic acids is 1. The van der Waals surface area contributed by atoms with Crippen molar-refractivity contribution in [3.8, 4) is 11.3 Å². The predicted octanol–water partition coefficient (Wildman–Crippen LogP) is 3.25. The number of aromatic nitrogens is 6. The molecule has 1 aliphatic rings. The molecule has 0 aliphatic carbocycles. The Labute approximate surface area is 215 Å². The van der Waals surface area contributed by atoms with Crippen molar-refractivity contribution in [1.29, 1.82) is 0 Å². The van der Waals surface area contributed by atoms with Crippen LogP contribution < -0.4 is 16.4 Å². The van der Waals surface area contributed by atoms with Crippen LogP contribution in [0.1, 0.15) is 28.9 Å². The first kappa shape index (κ1) is 23.3. The van der Waals surface area contributed by atoms with Crippen molar-refractivity contribution < 1.29 is 9.18 Å². The minimum absolute atomic E-state index is 0.0322. The van der Waals surface area contributed by atoms with Gasteiger partial charge in [-0.3, -0.25) is 14.6 Å². The van der Waals surface area contributed by atoms with Gasteiger partial charge in [0.05, 0.1) is 15.9 Å². The highest BCUT2D eigenvalue weighted by molar-refractivity contribution is 6.38. The largest absolute Gasteiger partial charge is 0.364 e. The molecule has 10 nitrogen and oxygen atoms in total. The molecule has 4 heterocycles. The van der Waals surface area contributed by atoms with Crippen molar-refractivity contribution in [2.24, 2.45) is 18.5 Å². The molecule has 0 spiro atoms. The van der Waals surface area contributed by atoms with Gasteiger partial charge in [-0.1, -0.05) is 29.8 Å². The van der Waals surface area contributed by atoms with Crippen LogP contribution in [-0.2, 0) is 12.6 Å². The average Bonchev–Trinajstić information content (AvgIpc) is 3.48. The number of aromatic amines is 1. The fourth-order valence-corrected chi connectivity index (χ4v) is 5.33. The molecule has 0 saturated carbocycles. The molecule has 5 N–H and O–H groups in total. The zero-order valence-electron chi connectivity index (χ0n) is 19.9. The van der Waals surface area contributed by atoms with Gasteiger partial charge in [-0.15, -0.1) is 0 Å². The first-order chi connectivity index (χ1) is 17.7. The third-order valence-electron chi connectivity index (χ3n) is 6.98. The van der Waals surface area contributed by atoms with E-state index < -0.39 is 11.4 Å². The smallest absolute Gasteiger partial charge is 0.268 e. The first-order valence-electron chi connectivity index (χ1n) is 11.7. The fraction of sp³-hybridized carbons (Fsp3) is 0.240. The Hall–Kier alpha value is -4.09. The van der Waals surface area contributed by atoms with E-state index in [1.165, 1.54) is 6.07 Å². The van der Waals surface area contributed by atoms with Gasteiger partial charge in [0.25, 0.3) is 5.91 Å². The van der Waals surface area contributed by atoms with Crippen LogP contribution in [0.2, 0.25) is 5.02 Å². The summed E-state index contributed by atoms with van der Waals surface area (Å²) in [5.74, 6) is -0.715. The summed E-state index contributed by atoms with van der Waals surface area (Å²) in [6.45, 7) is 0.943. The standard InChI is InChI=1S/C25H23ClFN9O/c1-35-12-14-17(34-35)7-6-13(19(14)26)20-18-21(22(28)37)30-24(31-23(18)33-32-20)36-10-8-25(29,9-11-36)15-4-2-3-5-16(15)27/h2-7,12H,8-11,29H2,1H3,(H2,28,37)(H,30,31,32,33). The van der Waals surface area contributed by atoms with E-state index in [1.54, 1.807) is 28.9 Å². The number of nitrogens with one attached hydrogen (secondary N) is 1. The average molecular weight is 520 g/mol. The number of piperidine rings is 1. The molecule has 1 aliphatic heterocycles. The van der Waals surface area contributed by atoms with Crippen LogP contribution >= 0.6 is 11.6 Å². The van der Waals surface area contributed by atoms with E-state index in [0.717, 1.165) is 10.9 Å². The number of amides is 1. The topological polar surface area (TPSA) is 145 Å². The van der Waals surface area contributed by atoms with E-state index in [4.69, 9.17) is 23.1 Å². The lowest BCUT2D eigenvalue weighted by Crippen LogP contribution is -2.49. The summed E-state index contributed by atoms with van der Waals surface area (Å²) in [7, 11) is 1.81. The highest BCUT2D eigenvalue weighted by Crippen LogP contribution is 2.38. The Morgan fingerprint density at radius 3 is 2.65 bits per heavy atom. The molecule has 12 heteroatoms. The van der Waals surface area contributed by atoms with Crippen LogP contribution in [0.5, 0.6) is 0 Å². The summed E-state index contributed by atoms with van der Waals surface area (Å²) in [6.07, 6.45) is 2.78. The van der Waals surface area contributed by atoms with Crippen LogP contribution in [0.4, 0.5) is 10.3 Å². The Morgan fingerprint density at radius 1 is 1.16 bits per heavy atom. The number of hydrogen-bond acceptors (Lipinski definition) is 7. The van der Waals surface area contributed by atoms with Gasteiger partial charge in [-0.05, 0) is 31.0 Å². The molecule has 0 bridgehead atoms. The van der Waals surface area contributed by atoms with Gasteiger partial charge in [0.2, 0.25) is 5.95 Å². The van der Waals surface area contributed by atoms with Gasteiger partial charge in [-0.25, -0.2) is 9.37 Å². The van der Waals surface area contributed by atoms with E-state index in [9.17, 15) is 9.18 Å². The van der Waals surface area contributed by atoms with Crippen LogP contribution in [0.15, 0.2) is 42.6 Å². The zero-order valence-corrected chi connectivity index (χ0v) is 20.6. The number of hydrogen-bond donors (Lipinski definition) is 3. The summed E-state index contributed by atoms with van der Waals surface area (Å²) >= 11 is 6.71. The summed E-state index contributed by atoms with van der Waals surface area (Å²) in [6, 6.07) is 10.2. The van der Waals surface area contributed by atoms with Crippen LogP contribution in [0.25, 0.3) is 33.2 Å². The second-order valence-electron chi connectivity index (χ2n) is 9.32. The molecular formula is C25H23ClFN9O. The van der Waals surface area contributed by atoms with Gasteiger partial charge in [0.1, 0.15) is 17.2 Å². The maximum absolute atomic E-state index is 14.4. The van der Waals surface area contributed by atoms with Gasteiger partial charge < -0.3 is 16.4 Å². The molecule has 1 fully saturated rings. The number of carbonyl (C=O) groups is 1. The minimum atomic E-state index is -0.804. The number of anilines is 1. The Balaban J connectivity index is 1.38. The number of rotatable bonds is 4. The van der Waals surface area contributed by atoms with Crippen molar-refractivity contribution in [3.63, 3.8) is 0 Å². The molecule has 6 rings (SSSR count). The first-order valence-corrected chi connectivity index (χ1v) is 12.1. The summed E-state index contributed by atoms with van der Waals surface area (Å²) in [5.41, 5.74) is 14.2. The van der Waals surface area contributed by atoms with Crippen LogP contribution in [0, 0.1) is 5.82 Å². The second-order valence-corrected chi connectivity index (χ2v) is 9.70. The predicted molar refractivity (Wildman–Crippen MR) is 139 cm³/mol. The molecule has 3 aromatic heterocycles. The molecule has 2 aromatic carbocycles. The maximum atomic E-state index is 14.4. The van der Waals surface area contributed by atoms with E-state index in [1.807, 2.05) is 24.2 Å². The fourth-order valence-electron chi connectivity index (χ4n) is 5.03. The Kier molecular flexibility index (Phi) is 5.35. The third-order valence-corrected chi connectivity index (χ3v) is 7.39. The number of benzene rings is 2. The van der Waals surface area contributed by atoms with Gasteiger partial charge in [0.15, 0.2) is 5.65 Å². The maximum Gasteiger partial charge on any atom is 0.268 e. The number of nitrogens with zero attached hydrogens (tertiary/aromatic N) is 6. The van der Waals surface area contributed by atoms with E-state index >= 15 is 0 Å². The normalized spacial score (nSPS) is 15.5. The highest BCUT2D eigenvalue weighted by Gasteiger charge is 2.35. The SMILES string of the molecule is Cn1cc2c(Cl)c(-c3n[nH]c4nc(N5CCC(N)(c6ccccc6F)CC5)nc(C(N)=O)c34)ccc2n1. The quantitative estimate of drug-likeness (QED) is 0.330. The van der Waals surface area contributed by atoms with Gasteiger partial charge in [-0.2, -0.15) is 15.2 Å². The molecule has 5 aromatic rings. The molecule has 0 unspecified atom stereocenters. The molecule has 1 amide bonds. The summed E-state index contributed by atoms with van der Waals surface area (Å²) in [4.78, 5) is 23.6. The van der Waals surface area contributed by atoms with Crippen molar-refractivity contribution in [2.75, 3.05) is 18.0 Å². The summed E-state index contributed by atoms with van der Waals surface area (Å²) in [5, 5.41) is 13.3. The molecule has 1 saturated heterocycles. The van der Waals surface area contributed by atoms with E-state index in [2.05, 4.69) is 25.3 Å². The lowest BCUT2D eigenvalue weighted by atomic mass is 9.81. The van der Waals surface area contributed by atoms with E-state index in [0.29, 0.717) is 64.8 Å². The monoisotopic (exact) mass is 519 g/mol. The lowest BCUT2D eigenvalue weighted by Gasteiger charge is -2.39. The zero-order chi connectivity index (χ0) is 25.9. The minimum Gasteiger partial charge on any atom is -0.364 e. The number of halogens is 2. The number of H-pyrrole nitrogens is 1. The highest BCUT2D eigenvalue weighted by atomic mass is 35.5. The number of aryl methyl sites for hydroxylation is 1. The molecule has 188 valence electrons. The number of nitrogens with two attached hydrogens (primary N) is 2. The lowest BCUT2D eigenvalue weighted by molar-refractivity contribution is 0.0997. The van der Waals surface area contributed by atoms with Gasteiger partial charge in [0, 0.05) is 48.4 Å². The Morgan fingerprint density at radius 2 is 1.92 bits per heavy atom. The number of fused-ring (bicyclic) bond motifs is 2. The molecule has 0 atom stereocenters. The van der Waals surface area contributed by atoms with Gasteiger partial charge >= 0.3 is 0 Å². The van der Waals surface area contributed by atoms with Crippen molar-refractivity contribution in [2.45, 2.75) is 18.4 Å². The van der Waals surface area contributed by atoms with E-state index in [-0.39, 0.29) is 11.5 Å². The molecular weight excluding hydrogens is 497 g/mol. The third kappa shape index (κ3) is 3.78. The molecule has 0 radical (unpaired) electrons. The van der Waals surface area contributed by atoms with Crippen LogP contribution in [-0.4, -0.2) is 48.9 Å². The van der Waals surface area contributed by atoms with Crippen LogP contribution in [0.3, 0.4) is 0 Å². The summed E-state index contributed by atoms with van der Waals surface area (Å²) < 4.78 is 16.1. The number of primary amides is 1. The molecule has 37 heavy (non-hydrogen) atoms. The van der Waals surface area contributed by atoms with Crippen molar-refractivity contribution in [1.82, 2.24) is 29.9 Å².